The van der Waals surface area contributed by atoms with Crippen molar-refractivity contribution in [2.24, 2.45) is 5.92 Å². The lowest BCUT2D eigenvalue weighted by Crippen LogP contribution is -2.22. The highest BCUT2D eigenvalue weighted by molar-refractivity contribution is 6.76. The molecule has 0 nitrogen and oxygen atoms in total. The molecular formula is C13H24Si. The fourth-order valence-corrected chi connectivity index (χ4v) is 3.81. The van der Waals surface area contributed by atoms with Gasteiger partial charge in [0.2, 0.25) is 0 Å². The van der Waals surface area contributed by atoms with Crippen LogP contribution in [0, 0.1) is 5.92 Å². The third-order valence-electron chi connectivity index (χ3n) is 2.97. The Hall–Kier alpha value is -0.303. The van der Waals surface area contributed by atoms with Gasteiger partial charge in [0.15, 0.2) is 0 Å². The largest absolute Gasteiger partial charge is 0.0999 e. The van der Waals surface area contributed by atoms with Crippen molar-refractivity contribution >= 4 is 8.07 Å². The topological polar surface area (TPSA) is 0 Å². The lowest BCUT2D eigenvalue weighted by molar-refractivity contribution is 0.539. The van der Waals surface area contributed by atoms with Crippen molar-refractivity contribution in [3.8, 4) is 0 Å². The Balaban J connectivity index is 2.47. The van der Waals surface area contributed by atoms with Gasteiger partial charge in [0, 0.05) is 8.07 Å². The summed E-state index contributed by atoms with van der Waals surface area (Å²) < 4.78 is 0. The standard InChI is InChI=1S/C13H24Si/c1-11-6-8-13(9-7-11)12(2)10-14(3,4)5/h6,13H,2,7-10H2,1,3-5H3. The average molecular weight is 208 g/mol. The highest BCUT2D eigenvalue weighted by Gasteiger charge is 2.21. The van der Waals surface area contributed by atoms with E-state index in [1.54, 1.807) is 5.57 Å². The summed E-state index contributed by atoms with van der Waals surface area (Å²) in [5, 5.41) is 0. The van der Waals surface area contributed by atoms with Gasteiger partial charge in [-0.25, -0.2) is 0 Å². The predicted molar refractivity (Wildman–Crippen MR) is 68.4 cm³/mol. The summed E-state index contributed by atoms with van der Waals surface area (Å²) in [5.41, 5.74) is 3.09. The normalized spacial score (nSPS) is 23.1. The van der Waals surface area contributed by atoms with Crippen molar-refractivity contribution in [2.45, 2.75) is 51.9 Å². The van der Waals surface area contributed by atoms with Crippen LogP contribution in [0.4, 0.5) is 0 Å². The minimum absolute atomic E-state index is 0.783. The highest BCUT2D eigenvalue weighted by atomic mass is 28.3. The molecule has 0 aromatic heterocycles. The Morgan fingerprint density at radius 2 is 2.14 bits per heavy atom. The van der Waals surface area contributed by atoms with Crippen LogP contribution in [0.5, 0.6) is 0 Å². The highest BCUT2D eigenvalue weighted by Crippen LogP contribution is 2.32. The zero-order valence-corrected chi connectivity index (χ0v) is 11.2. The summed E-state index contributed by atoms with van der Waals surface area (Å²) >= 11 is 0. The van der Waals surface area contributed by atoms with Crippen molar-refractivity contribution in [3.05, 3.63) is 23.8 Å². The first-order valence-corrected chi connectivity index (χ1v) is 9.42. The third-order valence-corrected chi connectivity index (χ3v) is 4.49. The molecule has 1 rings (SSSR count). The van der Waals surface area contributed by atoms with Gasteiger partial charge >= 0.3 is 0 Å². The first kappa shape index (κ1) is 11.8. The molecular weight excluding hydrogens is 184 g/mol. The van der Waals surface area contributed by atoms with Gasteiger partial charge in [0.05, 0.1) is 0 Å². The molecule has 0 N–H and O–H groups in total. The molecule has 1 aliphatic rings. The minimum Gasteiger partial charge on any atom is -0.0999 e. The number of allylic oxidation sites excluding steroid dienone is 3. The summed E-state index contributed by atoms with van der Waals surface area (Å²) in [5.74, 6) is 0.783. The van der Waals surface area contributed by atoms with E-state index in [2.05, 4.69) is 39.2 Å². The van der Waals surface area contributed by atoms with Crippen LogP contribution in [-0.4, -0.2) is 8.07 Å². The van der Waals surface area contributed by atoms with E-state index in [-0.39, 0.29) is 0 Å². The van der Waals surface area contributed by atoms with E-state index >= 15 is 0 Å². The van der Waals surface area contributed by atoms with Crippen LogP contribution < -0.4 is 0 Å². The maximum atomic E-state index is 4.29. The van der Waals surface area contributed by atoms with Crippen LogP contribution in [0.25, 0.3) is 0 Å². The molecule has 14 heavy (non-hydrogen) atoms. The van der Waals surface area contributed by atoms with Gasteiger partial charge in [-0.05, 0) is 38.1 Å². The SMILES string of the molecule is C=C(C[Si](C)(C)C)C1CC=C(C)CC1. The lowest BCUT2D eigenvalue weighted by atomic mass is 9.86. The van der Waals surface area contributed by atoms with Crippen LogP contribution in [0.2, 0.25) is 25.7 Å². The van der Waals surface area contributed by atoms with Crippen LogP contribution >= 0.6 is 0 Å². The Labute approximate surface area is 90.1 Å². The Morgan fingerprint density at radius 3 is 2.57 bits per heavy atom. The number of hydrogen-bond acceptors (Lipinski definition) is 0. The van der Waals surface area contributed by atoms with Gasteiger partial charge in [0.1, 0.15) is 0 Å². The van der Waals surface area contributed by atoms with Crippen molar-refractivity contribution in [2.75, 3.05) is 0 Å². The zero-order valence-electron chi connectivity index (χ0n) is 10.2. The van der Waals surface area contributed by atoms with Crippen molar-refractivity contribution in [1.29, 1.82) is 0 Å². The molecule has 0 aromatic carbocycles. The van der Waals surface area contributed by atoms with Gasteiger partial charge in [-0.1, -0.05) is 43.4 Å². The van der Waals surface area contributed by atoms with Gasteiger partial charge < -0.3 is 0 Å². The average Bonchev–Trinajstić information content (AvgIpc) is 2.02. The Kier molecular flexibility index (Phi) is 3.76. The summed E-state index contributed by atoms with van der Waals surface area (Å²) in [4.78, 5) is 0. The Bertz CT molecular complexity index is 242. The fourth-order valence-electron chi connectivity index (χ4n) is 2.16. The lowest BCUT2D eigenvalue weighted by Gasteiger charge is -2.26. The van der Waals surface area contributed by atoms with Crippen LogP contribution in [0.15, 0.2) is 23.8 Å². The van der Waals surface area contributed by atoms with Crippen molar-refractivity contribution < 1.29 is 0 Å². The van der Waals surface area contributed by atoms with Gasteiger partial charge in [0.25, 0.3) is 0 Å². The van der Waals surface area contributed by atoms with Crippen molar-refractivity contribution in [3.63, 3.8) is 0 Å². The van der Waals surface area contributed by atoms with Crippen molar-refractivity contribution in [1.82, 2.24) is 0 Å². The zero-order chi connectivity index (χ0) is 10.8. The van der Waals surface area contributed by atoms with E-state index in [0.29, 0.717) is 0 Å². The molecule has 1 atom stereocenters. The molecule has 0 amide bonds. The van der Waals surface area contributed by atoms with E-state index in [0.717, 1.165) is 5.92 Å². The molecule has 0 aromatic rings. The molecule has 0 saturated carbocycles. The molecule has 0 spiro atoms. The first-order valence-electron chi connectivity index (χ1n) is 5.72. The van der Waals surface area contributed by atoms with Crippen LogP contribution in [0.1, 0.15) is 26.2 Å². The number of hydrogen-bond donors (Lipinski definition) is 0. The number of rotatable bonds is 3. The third kappa shape index (κ3) is 3.83. The second-order valence-electron chi connectivity index (χ2n) is 5.92. The molecule has 1 unspecified atom stereocenters. The summed E-state index contributed by atoms with van der Waals surface area (Å²) in [7, 11) is -0.941. The molecule has 0 aliphatic heterocycles. The van der Waals surface area contributed by atoms with Gasteiger partial charge in [-0.2, -0.15) is 0 Å². The van der Waals surface area contributed by atoms with E-state index in [1.807, 2.05) is 0 Å². The van der Waals surface area contributed by atoms with Crippen LogP contribution in [0.3, 0.4) is 0 Å². The van der Waals surface area contributed by atoms with E-state index in [4.69, 9.17) is 0 Å². The summed E-state index contributed by atoms with van der Waals surface area (Å²) in [6.07, 6.45) is 6.28. The second-order valence-corrected chi connectivity index (χ2v) is 11.4. The molecule has 0 fully saturated rings. The second kappa shape index (κ2) is 4.48. The van der Waals surface area contributed by atoms with Gasteiger partial charge in [-0.3, -0.25) is 0 Å². The molecule has 0 heterocycles. The molecule has 80 valence electrons. The molecule has 1 heteroatoms. The fraction of sp³-hybridized carbons (Fsp3) is 0.692. The van der Waals surface area contributed by atoms with E-state index in [1.165, 1.54) is 30.9 Å². The summed E-state index contributed by atoms with van der Waals surface area (Å²) in [6.45, 7) is 13.8. The quantitative estimate of drug-likeness (QED) is 0.469. The molecule has 0 bridgehead atoms. The Morgan fingerprint density at radius 1 is 1.50 bits per heavy atom. The predicted octanol–water partition coefficient (Wildman–Crippen LogP) is 4.63. The molecule has 1 aliphatic carbocycles. The van der Waals surface area contributed by atoms with Crippen LogP contribution in [-0.2, 0) is 0 Å². The minimum atomic E-state index is -0.941. The smallest absolute Gasteiger partial charge is 0.0483 e. The van der Waals surface area contributed by atoms with E-state index < -0.39 is 8.07 Å². The summed E-state index contributed by atoms with van der Waals surface area (Å²) in [6, 6.07) is 1.31. The van der Waals surface area contributed by atoms with Gasteiger partial charge in [-0.15, -0.1) is 0 Å². The maximum Gasteiger partial charge on any atom is 0.0483 e. The van der Waals surface area contributed by atoms with E-state index in [9.17, 15) is 0 Å². The molecule has 0 radical (unpaired) electrons. The molecule has 0 saturated heterocycles. The monoisotopic (exact) mass is 208 g/mol. The first-order chi connectivity index (χ1) is 6.38. The maximum absolute atomic E-state index is 4.29.